The van der Waals surface area contributed by atoms with Crippen molar-refractivity contribution in [3.05, 3.63) is 67.6 Å². The molecule has 1 atom stereocenters. The van der Waals surface area contributed by atoms with Gasteiger partial charge in [-0.15, -0.1) is 0 Å². The topological polar surface area (TPSA) is 20.2 Å². The van der Waals surface area contributed by atoms with Crippen LogP contribution in [0.2, 0.25) is 0 Å². The van der Waals surface area contributed by atoms with Crippen LogP contribution in [0.15, 0.2) is 39.3 Å². The summed E-state index contributed by atoms with van der Waals surface area (Å²) in [5, 5.41) is 10.2. The smallest absolute Gasteiger partial charge is 0.162 e. The van der Waals surface area contributed by atoms with Gasteiger partial charge in [0.1, 0.15) is 0 Å². The van der Waals surface area contributed by atoms with Crippen molar-refractivity contribution in [1.29, 1.82) is 0 Å². The van der Waals surface area contributed by atoms with E-state index in [0.717, 1.165) is 20.6 Å². The highest BCUT2D eigenvalue weighted by molar-refractivity contribution is 9.11. The van der Waals surface area contributed by atoms with Gasteiger partial charge in [0.05, 0.1) is 6.10 Å². The molecule has 0 fully saturated rings. The van der Waals surface area contributed by atoms with Gasteiger partial charge in [-0.2, -0.15) is 0 Å². The van der Waals surface area contributed by atoms with E-state index in [9.17, 15) is 13.9 Å². The van der Waals surface area contributed by atoms with Gasteiger partial charge in [-0.05, 0) is 41.8 Å². The monoisotopic (exact) mass is 404 g/mol. The van der Waals surface area contributed by atoms with Crippen molar-refractivity contribution >= 4 is 31.9 Å². The van der Waals surface area contributed by atoms with E-state index in [-0.39, 0.29) is 12.0 Å². The fraction of sp³-hybridized carbons (Fsp3) is 0.200. The van der Waals surface area contributed by atoms with E-state index in [0.29, 0.717) is 5.56 Å². The first-order valence-corrected chi connectivity index (χ1v) is 7.55. The predicted molar refractivity (Wildman–Crippen MR) is 81.6 cm³/mol. The number of aryl methyl sites for hydroxylation is 1. The second-order valence-corrected chi connectivity index (χ2v) is 6.26. The third-order valence-corrected chi connectivity index (χ3v) is 4.62. The lowest BCUT2D eigenvalue weighted by Crippen LogP contribution is -2.06. The summed E-state index contributed by atoms with van der Waals surface area (Å²) in [4.78, 5) is 0. The van der Waals surface area contributed by atoms with Gasteiger partial charge in [0.15, 0.2) is 11.6 Å². The molecule has 5 heteroatoms. The van der Waals surface area contributed by atoms with Crippen LogP contribution in [-0.4, -0.2) is 5.11 Å². The normalized spacial score (nSPS) is 12.5. The first-order chi connectivity index (χ1) is 9.40. The lowest BCUT2D eigenvalue weighted by molar-refractivity contribution is 0.176. The predicted octanol–water partition coefficient (Wildman–Crippen LogP) is 5.07. The summed E-state index contributed by atoms with van der Waals surface area (Å²) in [6, 6.07) is 7.61. The van der Waals surface area contributed by atoms with E-state index in [2.05, 4.69) is 31.9 Å². The fourth-order valence-corrected chi connectivity index (χ4v) is 3.02. The molecule has 0 amide bonds. The van der Waals surface area contributed by atoms with Crippen LogP contribution < -0.4 is 0 Å². The van der Waals surface area contributed by atoms with Crippen molar-refractivity contribution in [3.63, 3.8) is 0 Å². The average molecular weight is 406 g/mol. The molecule has 106 valence electrons. The molecule has 0 saturated heterocycles. The van der Waals surface area contributed by atoms with Gasteiger partial charge in [0.2, 0.25) is 0 Å². The van der Waals surface area contributed by atoms with Crippen LogP contribution in [0.5, 0.6) is 0 Å². The van der Waals surface area contributed by atoms with Crippen molar-refractivity contribution in [2.45, 2.75) is 19.4 Å². The van der Waals surface area contributed by atoms with Crippen LogP contribution in [0.1, 0.15) is 22.8 Å². The summed E-state index contributed by atoms with van der Waals surface area (Å²) < 4.78 is 28.4. The lowest BCUT2D eigenvalue weighted by atomic mass is 10.00. The molecular formula is C15H12Br2F2O. The number of hydrogen-bond acceptors (Lipinski definition) is 1. The third-order valence-electron chi connectivity index (χ3n) is 3.08. The Labute approximate surface area is 132 Å². The van der Waals surface area contributed by atoms with Crippen LogP contribution in [0.4, 0.5) is 8.78 Å². The van der Waals surface area contributed by atoms with Crippen LogP contribution >= 0.6 is 31.9 Å². The summed E-state index contributed by atoms with van der Waals surface area (Å²) in [6.45, 7) is 1.93. The Hall–Kier alpha value is -0.780. The van der Waals surface area contributed by atoms with Crippen molar-refractivity contribution in [3.8, 4) is 0 Å². The van der Waals surface area contributed by atoms with Crippen molar-refractivity contribution in [2.24, 2.45) is 0 Å². The number of hydrogen-bond donors (Lipinski definition) is 1. The van der Waals surface area contributed by atoms with Crippen LogP contribution in [0.25, 0.3) is 0 Å². The molecule has 2 aromatic rings. The summed E-state index contributed by atoms with van der Waals surface area (Å²) in [5.41, 5.74) is 1.80. The molecule has 0 aliphatic heterocycles. The Morgan fingerprint density at radius 3 is 2.55 bits per heavy atom. The highest BCUT2D eigenvalue weighted by atomic mass is 79.9. The minimum Gasteiger partial charge on any atom is -0.388 e. The zero-order chi connectivity index (χ0) is 14.9. The van der Waals surface area contributed by atoms with Gasteiger partial charge in [-0.1, -0.05) is 44.0 Å². The second kappa shape index (κ2) is 6.33. The largest absolute Gasteiger partial charge is 0.388 e. The first-order valence-electron chi connectivity index (χ1n) is 5.96. The Morgan fingerprint density at radius 2 is 1.85 bits per heavy atom. The maximum absolute atomic E-state index is 13.6. The molecule has 0 aromatic heterocycles. The second-order valence-electron chi connectivity index (χ2n) is 4.56. The van der Waals surface area contributed by atoms with E-state index in [1.807, 2.05) is 13.0 Å². The van der Waals surface area contributed by atoms with Crippen LogP contribution in [-0.2, 0) is 6.42 Å². The molecule has 0 radical (unpaired) electrons. The zero-order valence-electron chi connectivity index (χ0n) is 10.6. The molecule has 0 aliphatic carbocycles. The molecule has 1 unspecified atom stereocenters. The quantitative estimate of drug-likeness (QED) is 0.755. The van der Waals surface area contributed by atoms with Crippen LogP contribution in [0, 0.1) is 18.6 Å². The molecule has 2 rings (SSSR count). The first kappa shape index (κ1) is 15.6. The minimum absolute atomic E-state index is 0.0116. The van der Waals surface area contributed by atoms with Crippen molar-refractivity contribution < 1.29 is 13.9 Å². The molecule has 0 saturated carbocycles. The molecule has 20 heavy (non-hydrogen) atoms. The van der Waals surface area contributed by atoms with Gasteiger partial charge in [0, 0.05) is 15.4 Å². The molecule has 0 aliphatic rings. The number of benzene rings is 2. The van der Waals surface area contributed by atoms with Crippen molar-refractivity contribution in [2.75, 3.05) is 0 Å². The summed E-state index contributed by atoms with van der Waals surface area (Å²) in [6.07, 6.45) is -0.907. The SMILES string of the molecule is Cc1cc(Br)c(C(O)Cc2cccc(F)c2F)cc1Br. The van der Waals surface area contributed by atoms with Gasteiger partial charge in [-0.3, -0.25) is 0 Å². The van der Waals surface area contributed by atoms with E-state index in [4.69, 9.17) is 0 Å². The number of aliphatic hydroxyl groups is 1. The average Bonchev–Trinajstić information content (AvgIpc) is 2.39. The van der Waals surface area contributed by atoms with E-state index < -0.39 is 17.7 Å². The molecule has 0 heterocycles. The van der Waals surface area contributed by atoms with Crippen LogP contribution in [0.3, 0.4) is 0 Å². The molecule has 0 spiro atoms. The Morgan fingerprint density at radius 1 is 1.15 bits per heavy atom. The Balaban J connectivity index is 2.31. The van der Waals surface area contributed by atoms with E-state index >= 15 is 0 Å². The molecule has 1 N–H and O–H groups in total. The number of aliphatic hydroxyl groups excluding tert-OH is 1. The highest BCUT2D eigenvalue weighted by Gasteiger charge is 2.17. The van der Waals surface area contributed by atoms with E-state index in [1.54, 1.807) is 6.07 Å². The number of rotatable bonds is 3. The number of halogens is 4. The van der Waals surface area contributed by atoms with Gasteiger partial charge >= 0.3 is 0 Å². The summed E-state index contributed by atoms with van der Waals surface area (Å²) >= 11 is 6.77. The molecule has 1 nitrogen and oxygen atoms in total. The highest BCUT2D eigenvalue weighted by Crippen LogP contribution is 2.31. The van der Waals surface area contributed by atoms with E-state index in [1.165, 1.54) is 12.1 Å². The molecular weight excluding hydrogens is 394 g/mol. The fourth-order valence-electron chi connectivity index (χ4n) is 1.94. The van der Waals surface area contributed by atoms with Crippen molar-refractivity contribution in [1.82, 2.24) is 0 Å². The molecule has 2 aromatic carbocycles. The lowest BCUT2D eigenvalue weighted by Gasteiger charge is -2.15. The zero-order valence-corrected chi connectivity index (χ0v) is 13.8. The Kier molecular flexibility index (Phi) is 4.94. The third kappa shape index (κ3) is 3.27. The summed E-state index contributed by atoms with van der Waals surface area (Å²) in [5.74, 6) is -1.81. The Bertz CT molecular complexity index is 644. The maximum atomic E-state index is 13.6. The maximum Gasteiger partial charge on any atom is 0.162 e. The van der Waals surface area contributed by atoms with Gasteiger partial charge < -0.3 is 5.11 Å². The standard InChI is InChI=1S/C15H12Br2F2O/c1-8-5-12(17)10(7-11(8)16)14(20)6-9-3-2-4-13(18)15(9)19/h2-5,7,14,20H,6H2,1H3. The van der Waals surface area contributed by atoms with Gasteiger partial charge in [-0.25, -0.2) is 8.78 Å². The minimum atomic E-state index is -0.919. The summed E-state index contributed by atoms with van der Waals surface area (Å²) in [7, 11) is 0. The van der Waals surface area contributed by atoms with Gasteiger partial charge in [0.25, 0.3) is 0 Å². The molecule has 0 bridgehead atoms.